The number of nitrogens with one attached hydrogen (secondary N) is 1. The molecule has 0 aliphatic carbocycles. The number of aromatic nitrogens is 3. The van der Waals surface area contributed by atoms with Crippen molar-refractivity contribution in [3.8, 4) is 11.3 Å². The Morgan fingerprint density at radius 2 is 1.87 bits per heavy atom. The molecule has 0 saturated carbocycles. The molecule has 0 fully saturated rings. The number of hydrogen-bond acceptors (Lipinski definition) is 7. The molecule has 1 N–H and O–H groups in total. The van der Waals surface area contributed by atoms with Crippen molar-refractivity contribution in [1.29, 1.82) is 0 Å². The summed E-state index contributed by atoms with van der Waals surface area (Å²) < 4.78 is 6.51. The molecule has 0 unspecified atom stereocenters. The number of amides is 1. The number of benzene rings is 1. The second-order valence-corrected chi connectivity index (χ2v) is 6.82. The van der Waals surface area contributed by atoms with Crippen LogP contribution in [0, 0.1) is 0 Å². The smallest absolute Gasteiger partial charge is 0.343 e. The Balaban J connectivity index is 2.18. The lowest BCUT2D eigenvalue weighted by Crippen LogP contribution is -2.31. The van der Waals surface area contributed by atoms with E-state index in [1.54, 1.807) is 63.6 Å². The molecular weight excluding hydrogens is 398 g/mol. The van der Waals surface area contributed by atoms with Crippen LogP contribution in [0.3, 0.4) is 0 Å². The van der Waals surface area contributed by atoms with Crippen LogP contribution in [0.25, 0.3) is 11.3 Å². The van der Waals surface area contributed by atoms with Gasteiger partial charge in [-0.15, -0.1) is 0 Å². The summed E-state index contributed by atoms with van der Waals surface area (Å²) in [5.41, 5.74) is 0.894. The number of aryl methyl sites for hydroxylation is 1. The maximum absolute atomic E-state index is 13.1. The molecule has 2 heterocycles. The molecule has 0 bridgehead atoms. The number of nitrogens with zero attached hydrogens (tertiary/aromatic N) is 4. The van der Waals surface area contributed by atoms with Crippen molar-refractivity contribution in [2.24, 2.45) is 0 Å². The van der Waals surface area contributed by atoms with Crippen LogP contribution in [0.15, 0.2) is 59.7 Å². The van der Waals surface area contributed by atoms with Gasteiger partial charge in [0.05, 0.1) is 11.9 Å². The summed E-state index contributed by atoms with van der Waals surface area (Å²) in [6.45, 7) is 1.63. The van der Waals surface area contributed by atoms with Crippen LogP contribution in [-0.4, -0.2) is 52.2 Å². The molecule has 0 spiro atoms. The molecule has 0 aliphatic rings. The molecule has 0 radical (unpaired) electrons. The van der Waals surface area contributed by atoms with E-state index in [9.17, 15) is 14.4 Å². The van der Waals surface area contributed by atoms with Crippen molar-refractivity contribution >= 4 is 23.3 Å². The third kappa shape index (κ3) is 4.95. The average Bonchev–Trinajstić information content (AvgIpc) is 2.79. The van der Waals surface area contributed by atoms with Gasteiger partial charge in [-0.3, -0.25) is 14.6 Å². The van der Waals surface area contributed by atoms with Crippen LogP contribution >= 0.6 is 0 Å². The minimum absolute atomic E-state index is 0.00556. The molecule has 9 heteroatoms. The molecule has 9 nitrogen and oxygen atoms in total. The Morgan fingerprint density at radius 3 is 2.48 bits per heavy atom. The molecule has 0 atom stereocenters. The maximum atomic E-state index is 13.1. The molecule has 31 heavy (non-hydrogen) atoms. The second kappa shape index (κ2) is 9.66. The summed E-state index contributed by atoms with van der Waals surface area (Å²) in [7, 11) is 3.12. The molecular formula is C22H23N5O4. The highest BCUT2D eigenvalue weighted by Crippen LogP contribution is 2.27. The van der Waals surface area contributed by atoms with Gasteiger partial charge in [0, 0.05) is 32.4 Å². The van der Waals surface area contributed by atoms with Crippen molar-refractivity contribution in [1.82, 2.24) is 19.7 Å². The van der Waals surface area contributed by atoms with Gasteiger partial charge in [-0.25, -0.2) is 9.48 Å². The summed E-state index contributed by atoms with van der Waals surface area (Å²) in [5, 5.41) is 7.38. The van der Waals surface area contributed by atoms with E-state index in [2.05, 4.69) is 15.4 Å². The van der Waals surface area contributed by atoms with Gasteiger partial charge in [0.1, 0.15) is 16.9 Å². The van der Waals surface area contributed by atoms with E-state index in [4.69, 9.17) is 4.74 Å². The van der Waals surface area contributed by atoms with Crippen LogP contribution in [0.2, 0.25) is 0 Å². The molecule has 2 aromatic heterocycles. The first-order valence-electron chi connectivity index (χ1n) is 9.67. The summed E-state index contributed by atoms with van der Waals surface area (Å²) in [4.78, 5) is 43.5. The van der Waals surface area contributed by atoms with Gasteiger partial charge >= 0.3 is 5.97 Å². The highest BCUT2D eigenvalue weighted by molar-refractivity contribution is 6.02. The number of rotatable bonds is 7. The lowest BCUT2D eigenvalue weighted by Gasteiger charge is -2.17. The van der Waals surface area contributed by atoms with Gasteiger partial charge in [0.2, 0.25) is 0 Å². The van der Waals surface area contributed by atoms with E-state index in [1.165, 1.54) is 15.8 Å². The first-order valence-corrected chi connectivity index (χ1v) is 9.67. The van der Waals surface area contributed by atoms with Gasteiger partial charge in [0.15, 0.2) is 6.61 Å². The maximum Gasteiger partial charge on any atom is 0.343 e. The zero-order valence-electron chi connectivity index (χ0n) is 17.5. The topological polar surface area (TPSA) is 106 Å². The van der Waals surface area contributed by atoms with Crippen molar-refractivity contribution in [3.63, 3.8) is 0 Å². The predicted octanol–water partition coefficient (Wildman–Crippen LogP) is 2.31. The van der Waals surface area contributed by atoms with Crippen LogP contribution in [0.4, 0.5) is 11.4 Å². The van der Waals surface area contributed by atoms with Gasteiger partial charge < -0.3 is 15.0 Å². The monoisotopic (exact) mass is 421 g/mol. The van der Waals surface area contributed by atoms with E-state index in [0.29, 0.717) is 17.8 Å². The number of pyridine rings is 1. The van der Waals surface area contributed by atoms with E-state index >= 15 is 0 Å². The lowest BCUT2D eigenvalue weighted by molar-refractivity contribution is -0.131. The van der Waals surface area contributed by atoms with Crippen LogP contribution < -0.4 is 10.9 Å². The quantitative estimate of drug-likeness (QED) is 0.584. The molecule has 1 aromatic carbocycles. The number of likely N-dealkylation sites (N-methyl/N-ethyl adjacent to an activating group) is 1. The Bertz CT molecular complexity index is 1130. The Kier molecular flexibility index (Phi) is 6.76. The third-order valence-electron chi connectivity index (χ3n) is 4.46. The number of esters is 1. The zero-order chi connectivity index (χ0) is 22.4. The van der Waals surface area contributed by atoms with E-state index < -0.39 is 18.1 Å². The summed E-state index contributed by atoms with van der Waals surface area (Å²) >= 11 is 0. The largest absolute Gasteiger partial charge is 0.452 e. The van der Waals surface area contributed by atoms with Crippen LogP contribution in [0.5, 0.6) is 0 Å². The molecule has 0 aliphatic heterocycles. The Hall–Kier alpha value is -4.01. The molecule has 3 aromatic rings. The number of hydrogen-bond donors (Lipinski definition) is 1. The summed E-state index contributed by atoms with van der Waals surface area (Å²) in [6, 6.07) is 12.4. The predicted molar refractivity (Wildman–Crippen MR) is 116 cm³/mol. The zero-order valence-corrected chi connectivity index (χ0v) is 17.5. The fourth-order valence-electron chi connectivity index (χ4n) is 2.81. The SMILES string of the molecule is CCn1nc(-c2ccccc2)c(C(=O)OCC(=O)N(C)C)c(Nc2cccnc2)c1=O. The molecule has 3 rings (SSSR count). The Labute approximate surface area is 179 Å². The standard InChI is InChI=1S/C22H23N5O4/c1-4-27-21(29)20(24-16-11-8-12-23-13-16)18(22(30)31-14-17(28)26(2)3)19(25-27)15-9-6-5-7-10-15/h5-13,24H,4,14H2,1-3H3. The number of ether oxygens (including phenoxy) is 1. The first kappa shape index (κ1) is 21.7. The van der Waals surface area contributed by atoms with Crippen molar-refractivity contribution in [2.45, 2.75) is 13.5 Å². The van der Waals surface area contributed by atoms with E-state index in [1.807, 2.05) is 6.07 Å². The molecule has 160 valence electrons. The first-order chi connectivity index (χ1) is 14.9. The fourth-order valence-corrected chi connectivity index (χ4v) is 2.81. The van der Waals surface area contributed by atoms with E-state index in [0.717, 1.165) is 0 Å². The summed E-state index contributed by atoms with van der Waals surface area (Å²) in [6.07, 6.45) is 3.13. The molecule has 1 amide bonds. The highest BCUT2D eigenvalue weighted by atomic mass is 16.5. The number of anilines is 2. The lowest BCUT2D eigenvalue weighted by atomic mass is 10.0. The Morgan fingerprint density at radius 1 is 1.13 bits per heavy atom. The van der Waals surface area contributed by atoms with Crippen molar-refractivity contribution < 1.29 is 14.3 Å². The third-order valence-corrected chi connectivity index (χ3v) is 4.46. The van der Waals surface area contributed by atoms with Crippen LogP contribution in [-0.2, 0) is 16.1 Å². The molecule has 0 saturated heterocycles. The summed E-state index contributed by atoms with van der Waals surface area (Å²) in [5.74, 6) is -1.21. The minimum Gasteiger partial charge on any atom is -0.452 e. The number of carbonyl (C=O) groups is 2. The normalized spacial score (nSPS) is 10.4. The minimum atomic E-state index is -0.826. The number of carbonyl (C=O) groups excluding carboxylic acids is 2. The van der Waals surface area contributed by atoms with Crippen molar-refractivity contribution in [2.75, 3.05) is 26.0 Å². The van der Waals surface area contributed by atoms with Crippen LogP contribution in [0.1, 0.15) is 17.3 Å². The second-order valence-electron chi connectivity index (χ2n) is 6.82. The van der Waals surface area contributed by atoms with Crippen molar-refractivity contribution in [3.05, 3.63) is 70.8 Å². The van der Waals surface area contributed by atoms with Gasteiger partial charge in [-0.05, 0) is 19.1 Å². The average molecular weight is 421 g/mol. The highest BCUT2D eigenvalue weighted by Gasteiger charge is 2.26. The van der Waals surface area contributed by atoms with Gasteiger partial charge in [0.25, 0.3) is 11.5 Å². The van der Waals surface area contributed by atoms with E-state index in [-0.39, 0.29) is 22.9 Å². The van der Waals surface area contributed by atoms with Gasteiger partial charge in [-0.2, -0.15) is 5.10 Å². The van der Waals surface area contributed by atoms with Gasteiger partial charge in [-0.1, -0.05) is 30.3 Å². The fraction of sp³-hybridized carbons (Fsp3) is 0.227.